The van der Waals surface area contributed by atoms with Gasteiger partial charge in [0, 0.05) is 13.5 Å². The monoisotopic (exact) mass is 467 g/mol. The van der Waals surface area contributed by atoms with Gasteiger partial charge >= 0.3 is 17.6 Å². The van der Waals surface area contributed by atoms with Crippen molar-refractivity contribution in [3.05, 3.63) is 70.1 Å². The Bertz CT molecular complexity index is 1270. The highest BCUT2D eigenvalue weighted by Gasteiger charge is 2.26. The number of esters is 2. The highest BCUT2D eigenvalue weighted by molar-refractivity contribution is 5.94. The van der Waals surface area contributed by atoms with Gasteiger partial charge in [0.1, 0.15) is 18.2 Å². The van der Waals surface area contributed by atoms with Gasteiger partial charge in [0.05, 0.1) is 16.6 Å². The summed E-state index contributed by atoms with van der Waals surface area (Å²) in [6.07, 6.45) is -0.0816. The topological polar surface area (TPSA) is 123 Å². The van der Waals surface area contributed by atoms with Crippen LogP contribution in [0.4, 0.5) is 0 Å². The lowest BCUT2D eigenvalue weighted by molar-refractivity contribution is -0.155. The fraction of sp³-hybridized carbons (Fsp3) is 0.360. The molecule has 9 heteroatoms. The van der Waals surface area contributed by atoms with Crippen LogP contribution in [0, 0.1) is 0 Å². The molecule has 0 saturated carbocycles. The van der Waals surface area contributed by atoms with Crippen LogP contribution in [-0.4, -0.2) is 32.6 Å². The average molecular weight is 468 g/mol. The van der Waals surface area contributed by atoms with E-state index in [0.29, 0.717) is 11.0 Å². The van der Waals surface area contributed by atoms with Crippen LogP contribution in [0.2, 0.25) is 0 Å². The van der Waals surface area contributed by atoms with Crippen LogP contribution in [0.25, 0.3) is 11.0 Å². The van der Waals surface area contributed by atoms with Crippen molar-refractivity contribution in [3.63, 3.8) is 0 Å². The number of nitrogens with two attached hydrogens (primary N) is 1. The van der Waals surface area contributed by atoms with Crippen molar-refractivity contribution in [2.75, 3.05) is 0 Å². The number of rotatable bonds is 8. The van der Waals surface area contributed by atoms with Gasteiger partial charge in [0.2, 0.25) is 5.91 Å². The maximum atomic E-state index is 13.0. The van der Waals surface area contributed by atoms with E-state index in [9.17, 15) is 19.2 Å². The molecule has 9 nitrogen and oxygen atoms in total. The molecule has 0 radical (unpaired) electrons. The Morgan fingerprint density at radius 2 is 1.71 bits per heavy atom. The summed E-state index contributed by atoms with van der Waals surface area (Å²) in [4.78, 5) is 49.9. The zero-order valence-electron chi connectivity index (χ0n) is 19.7. The van der Waals surface area contributed by atoms with Crippen LogP contribution in [0.15, 0.2) is 53.3 Å². The summed E-state index contributed by atoms with van der Waals surface area (Å²) in [5, 5.41) is 0. The number of hydrogen-bond donors (Lipinski definition) is 1. The van der Waals surface area contributed by atoms with Gasteiger partial charge < -0.3 is 15.2 Å². The Morgan fingerprint density at radius 1 is 1.03 bits per heavy atom. The molecule has 1 heterocycles. The molecule has 1 aromatic heterocycles. The first-order chi connectivity index (χ1) is 16.0. The quantitative estimate of drug-likeness (QED) is 0.508. The first-order valence-electron chi connectivity index (χ1n) is 10.9. The van der Waals surface area contributed by atoms with E-state index in [1.165, 1.54) is 28.3 Å². The van der Waals surface area contributed by atoms with Crippen LogP contribution in [0.5, 0.6) is 0 Å². The summed E-state index contributed by atoms with van der Waals surface area (Å²) in [6.45, 7) is 5.35. The average Bonchev–Trinajstić information content (AvgIpc) is 3.01. The number of imidazole rings is 1. The minimum atomic E-state index is -1.06. The summed E-state index contributed by atoms with van der Waals surface area (Å²) in [5.41, 5.74) is 6.40. The third-order valence-electron chi connectivity index (χ3n) is 5.22. The van der Waals surface area contributed by atoms with E-state index in [1.807, 2.05) is 30.3 Å². The van der Waals surface area contributed by atoms with Gasteiger partial charge in [-0.05, 0) is 51.0 Å². The van der Waals surface area contributed by atoms with Crippen LogP contribution in [0.1, 0.15) is 55.6 Å². The van der Waals surface area contributed by atoms with Crippen LogP contribution in [0.3, 0.4) is 0 Å². The zero-order chi connectivity index (χ0) is 25.0. The molecule has 0 aliphatic heterocycles. The predicted molar refractivity (Wildman–Crippen MR) is 126 cm³/mol. The van der Waals surface area contributed by atoms with Crippen molar-refractivity contribution in [1.82, 2.24) is 9.13 Å². The Hall–Kier alpha value is -3.88. The maximum Gasteiger partial charge on any atom is 0.338 e. The van der Waals surface area contributed by atoms with Crippen molar-refractivity contribution in [2.45, 2.75) is 51.9 Å². The fourth-order valence-electron chi connectivity index (χ4n) is 3.64. The van der Waals surface area contributed by atoms with Crippen LogP contribution < -0.4 is 11.4 Å². The summed E-state index contributed by atoms with van der Waals surface area (Å²) < 4.78 is 13.2. The van der Waals surface area contributed by atoms with Crippen molar-refractivity contribution in [1.29, 1.82) is 0 Å². The molecule has 180 valence electrons. The smallest absolute Gasteiger partial charge is 0.338 e. The Kier molecular flexibility index (Phi) is 7.24. The first kappa shape index (κ1) is 24.8. The minimum Gasteiger partial charge on any atom is -0.460 e. The lowest BCUT2D eigenvalue weighted by Crippen LogP contribution is -2.35. The van der Waals surface area contributed by atoms with Crippen molar-refractivity contribution < 1.29 is 23.9 Å². The molecule has 0 bridgehead atoms. The summed E-state index contributed by atoms with van der Waals surface area (Å²) in [7, 11) is 1.53. The molecule has 0 saturated heterocycles. The third kappa shape index (κ3) is 5.72. The minimum absolute atomic E-state index is 0.00410. The van der Waals surface area contributed by atoms with Gasteiger partial charge in [-0.2, -0.15) is 0 Å². The molecule has 0 fully saturated rings. The highest BCUT2D eigenvalue weighted by atomic mass is 16.6. The number of nitrogens with zero attached hydrogens (tertiary/aromatic N) is 2. The van der Waals surface area contributed by atoms with Crippen molar-refractivity contribution in [3.8, 4) is 0 Å². The second-order valence-electron chi connectivity index (χ2n) is 9.02. The van der Waals surface area contributed by atoms with Crippen molar-refractivity contribution in [2.24, 2.45) is 12.8 Å². The molecular weight excluding hydrogens is 438 g/mol. The van der Waals surface area contributed by atoms with Gasteiger partial charge in [0.15, 0.2) is 0 Å². The second kappa shape index (κ2) is 9.94. The Balaban J connectivity index is 1.86. The number of amides is 1. The van der Waals surface area contributed by atoms with E-state index < -0.39 is 35.2 Å². The maximum absolute atomic E-state index is 13.0. The highest BCUT2D eigenvalue weighted by Crippen LogP contribution is 2.23. The Labute approximate surface area is 197 Å². The fourth-order valence-corrected chi connectivity index (χ4v) is 3.64. The van der Waals surface area contributed by atoms with E-state index in [4.69, 9.17) is 15.2 Å². The molecule has 3 aromatic rings. The largest absolute Gasteiger partial charge is 0.460 e. The molecule has 2 N–H and O–H groups in total. The predicted octanol–water partition coefficient (Wildman–Crippen LogP) is 2.85. The van der Waals surface area contributed by atoms with Gasteiger partial charge in [-0.25, -0.2) is 9.59 Å². The number of benzene rings is 2. The molecule has 1 atom stereocenters. The first-order valence-corrected chi connectivity index (χ1v) is 10.9. The molecule has 0 aliphatic carbocycles. The summed E-state index contributed by atoms with van der Waals surface area (Å²) in [6, 6.07) is 12.8. The number of hydrogen-bond acceptors (Lipinski definition) is 6. The standard InChI is InChI=1S/C25H29N3O6/c1-25(2,3)34-21(29)13-12-19(22(26)30)28-18-11-10-17(14-20(18)27(4)24(28)32)23(31)33-15-16-8-6-5-7-9-16/h5-11,14,19H,12-13,15H2,1-4H3,(H2,26,30)/t19-/m0/s1. The van der Waals surface area contributed by atoms with E-state index in [0.717, 1.165) is 5.56 Å². The molecule has 0 aliphatic rings. The second-order valence-corrected chi connectivity index (χ2v) is 9.02. The lowest BCUT2D eigenvalue weighted by Gasteiger charge is -2.20. The molecule has 1 amide bonds. The van der Waals surface area contributed by atoms with E-state index in [-0.39, 0.29) is 25.0 Å². The summed E-state index contributed by atoms with van der Waals surface area (Å²) >= 11 is 0. The number of carbonyl (C=O) groups is 3. The number of aryl methyl sites for hydroxylation is 1. The van der Waals surface area contributed by atoms with Crippen LogP contribution in [-0.2, 0) is 32.7 Å². The number of ether oxygens (including phenoxy) is 2. The SMILES string of the molecule is Cn1c(=O)n([C@@H](CCC(=O)OC(C)(C)C)C(N)=O)c2ccc(C(=O)OCc3ccccc3)cc21. The molecule has 0 spiro atoms. The molecule has 34 heavy (non-hydrogen) atoms. The zero-order valence-corrected chi connectivity index (χ0v) is 19.7. The van der Waals surface area contributed by atoms with Gasteiger partial charge in [-0.15, -0.1) is 0 Å². The third-order valence-corrected chi connectivity index (χ3v) is 5.22. The lowest BCUT2D eigenvalue weighted by atomic mass is 10.1. The number of aromatic nitrogens is 2. The normalized spacial score (nSPS) is 12.4. The molecular formula is C25H29N3O6. The van der Waals surface area contributed by atoms with E-state index >= 15 is 0 Å². The van der Waals surface area contributed by atoms with Crippen molar-refractivity contribution >= 4 is 28.9 Å². The Morgan fingerprint density at radius 3 is 2.32 bits per heavy atom. The molecule has 0 unspecified atom stereocenters. The molecule has 3 rings (SSSR count). The molecule has 2 aromatic carbocycles. The van der Waals surface area contributed by atoms with Crippen LogP contribution >= 0.6 is 0 Å². The summed E-state index contributed by atoms with van der Waals surface area (Å²) in [5.74, 6) is -1.78. The number of carbonyl (C=O) groups excluding carboxylic acids is 3. The van der Waals surface area contributed by atoms with Gasteiger partial charge in [-0.3, -0.25) is 18.7 Å². The number of primary amides is 1. The van der Waals surface area contributed by atoms with Gasteiger partial charge in [0.25, 0.3) is 0 Å². The van der Waals surface area contributed by atoms with Gasteiger partial charge in [-0.1, -0.05) is 30.3 Å². The van der Waals surface area contributed by atoms with E-state index in [1.54, 1.807) is 26.8 Å². The van der Waals surface area contributed by atoms with E-state index in [2.05, 4.69) is 0 Å². The number of fused-ring (bicyclic) bond motifs is 1.